The van der Waals surface area contributed by atoms with Gasteiger partial charge in [-0.15, -0.1) is 11.3 Å². The summed E-state index contributed by atoms with van der Waals surface area (Å²) in [6, 6.07) is 3.59. The van der Waals surface area contributed by atoms with Gasteiger partial charge in [0.2, 0.25) is 5.91 Å². The fourth-order valence-electron chi connectivity index (χ4n) is 1.67. The second-order valence-corrected chi connectivity index (χ2v) is 4.85. The molecule has 90 valence electrons. The van der Waals surface area contributed by atoms with Crippen LogP contribution in [-0.4, -0.2) is 23.4 Å². The SMILES string of the molecule is CCC(C)N(CC)C(=O)C(N)c1cccs1. The van der Waals surface area contributed by atoms with Gasteiger partial charge in [-0.25, -0.2) is 0 Å². The molecule has 0 aromatic carbocycles. The molecule has 0 aliphatic heterocycles. The van der Waals surface area contributed by atoms with E-state index in [0.717, 1.165) is 11.3 Å². The Balaban J connectivity index is 2.75. The topological polar surface area (TPSA) is 46.3 Å². The number of hydrogen-bond donors (Lipinski definition) is 1. The fraction of sp³-hybridized carbons (Fsp3) is 0.583. The summed E-state index contributed by atoms with van der Waals surface area (Å²) in [4.78, 5) is 15.0. The Bertz CT molecular complexity index is 324. The number of carbonyl (C=O) groups is 1. The summed E-state index contributed by atoms with van der Waals surface area (Å²) in [5, 5.41) is 1.95. The molecule has 16 heavy (non-hydrogen) atoms. The van der Waals surface area contributed by atoms with E-state index in [9.17, 15) is 4.79 Å². The number of nitrogens with zero attached hydrogens (tertiary/aromatic N) is 1. The van der Waals surface area contributed by atoms with Gasteiger partial charge >= 0.3 is 0 Å². The second kappa shape index (κ2) is 6.01. The molecule has 1 aromatic heterocycles. The molecule has 1 amide bonds. The number of thiophene rings is 1. The Labute approximate surface area is 101 Å². The summed E-state index contributed by atoms with van der Waals surface area (Å²) in [5.74, 6) is 0.0271. The molecule has 1 rings (SSSR count). The third-order valence-electron chi connectivity index (χ3n) is 2.86. The quantitative estimate of drug-likeness (QED) is 0.859. The maximum absolute atomic E-state index is 12.2. The highest BCUT2D eigenvalue weighted by atomic mass is 32.1. The van der Waals surface area contributed by atoms with Gasteiger partial charge in [-0.05, 0) is 31.7 Å². The number of nitrogens with two attached hydrogens (primary N) is 1. The summed E-state index contributed by atoms with van der Waals surface area (Å²) in [5.41, 5.74) is 5.97. The van der Waals surface area contributed by atoms with E-state index in [4.69, 9.17) is 5.73 Å². The lowest BCUT2D eigenvalue weighted by atomic mass is 10.1. The second-order valence-electron chi connectivity index (χ2n) is 3.87. The van der Waals surface area contributed by atoms with Crippen LogP contribution in [-0.2, 0) is 4.79 Å². The standard InChI is InChI=1S/C12H20N2OS/c1-4-9(3)14(5-2)12(15)11(13)10-7-6-8-16-10/h6-9,11H,4-5,13H2,1-3H3. The molecule has 0 saturated heterocycles. The minimum absolute atomic E-state index is 0.0271. The monoisotopic (exact) mass is 240 g/mol. The first-order valence-electron chi connectivity index (χ1n) is 5.71. The molecular formula is C12H20N2OS. The summed E-state index contributed by atoms with van der Waals surface area (Å²) < 4.78 is 0. The number of rotatable bonds is 5. The molecule has 2 N–H and O–H groups in total. The molecule has 0 aliphatic carbocycles. The van der Waals surface area contributed by atoms with Crippen LogP contribution in [0.2, 0.25) is 0 Å². The molecule has 0 spiro atoms. The zero-order valence-corrected chi connectivity index (χ0v) is 11.0. The molecule has 1 heterocycles. The molecule has 0 fully saturated rings. The Morgan fingerprint density at radius 3 is 2.69 bits per heavy atom. The third-order valence-corrected chi connectivity index (χ3v) is 3.82. The third kappa shape index (κ3) is 2.83. The first kappa shape index (κ1) is 13.2. The van der Waals surface area contributed by atoms with Crippen LogP contribution in [0, 0.1) is 0 Å². The van der Waals surface area contributed by atoms with Crippen LogP contribution in [0.1, 0.15) is 38.1 Å². The van der Waals surface area contributed by atoms with Crippen molar-refractivity contribution in [3.8, 4) is 0 Å². The van der Waals surface area contributed by atoms with Gasteiger partial charge in [0, 0.05) is 17.5 Å². The maximum Gasteiger partial charge on any atom is 0.245 e. The molecule has 1 aromatic rings. The largest absolute Gasteiger partial charge is 0.339 e. The summed E-state index contributed by atoms with van der Waals surface area (Å²) in [7, 11) is 0. The highest BCUT2D eigenvalue weighted by Gasteiger charge is 2.24. The smallest absolute Gasteiger partial charge is 0.245 e. The zero-order chi connectivity index (χ0) is 12.1. The van der Waals surface area contributed by atoms with Gasteiger partial charge < -0.3 is 10.6 Å². The van der Waals surface area contributed by atoms with Crippen molar-refractivity contribution in [2.75, 3.05) is 6.54 Å². The van der Waals surface area contributed by atoms with Crippen LogP contribution in [0.25, 0.3) is 0 Å². The van der Waals surface area contributed by atoms with E-state index in [0.29, 0.717) is 6.54 Å². The van der Waals surface area contributed by atoms with Crippen molar-refractivity contribution in [1.82, 2.24) is 4.90 Å². The van der Waals surface area contributed by atoms with Crippen LogP contribution in [0.3, 0.4) is 0 Å². The van der Waals surface area contributed by atoms with Crippen molar-refractivity contribution in [2.45, 2.75) is 39.3 Å². The molecule has 0 radical (unpaired) electrons. The van der Waals surface area contributed by atoms with Gasteiger partial charge in [0.25, 0.3) is 0 Å². The van der Waals surface area contributed by atoms with Crippen LogP contribution >= 0.6 is 11.3 Å². The Morgan fingerprint density at radius 2 is 2.25 bits per heavy atom. The molecule has 2 atom stereocenters. The van der Waals surface area contributed by atoms with Crippen LogP contribution < -0.4 is 5.73 Å². The number of amides is 1. The average molecular weight is 240 g/mol. The highest BCUT2D eigenvalue weighted by molar-refractivity contribution is 7.10. The molecule has 3 nitrogen and oxygen atoms in total. The summed E-state index contributed by atoms with van der Waals surface area (Å²) in [6.07, 6.45) is 0.955. The minimum Gasteiger partial charge on any atom is -0.339 e. The average Bonchev–Trinajstić information content (AvgIpc) is 2.81. The molecular weight excluding hydrogens is 220 g/mol. The van der Waals surface area contributed by atoms with Gasteiger partial charge in [0.1, 0.15) is 6.04 Å². The Kier molecular flexibility index (Phi) is 4.96. The van der Waals surface area contributed by atoms with Crippen LogP contribution in [0.4, 0.5) is 0 Å². The first-order chi connectivity index (χ1) is 7.61. The van der Waals surface area contributed by atoms with E-state index in [1.54, 1.807) is 0 Å². The molecule has 2 unspecified atom stereocenters. The zero-order valence-electron chi connectivity index (χ0n) is 10.1. The molecule has 4 heteroatoms. The van der Waals surface area contributed by atoms with Gasteiger partial charge in [0.05, 0.1) is 0 Å². The number of likely N-dealkylation sites (N-methyl/N-ethyl adjacent to an activating group) is 1. The predicted octanol–water partition coefficient (Wildman–Crippen LogP) is 2.39. The lowest BCUT2D eigenvalue weighted by Crippen LogP contribution is -2.43. The van der Waals surface area contributed by atoms with Gasteiger partial charge in [-0.2, -0.15) is 0 Å². The van der Waals surface area contributed by atoms with Gasteiger partial charge in [0.15, 0.2) is 0 Å². The molecule has 0 bridgehead atoms. The number of carbonyl (C=O) groups excluding carboxylic acids is 1. The normalized spacial score (nSPS) is 14.5. The van der Waals surface area contributed by atoms with Crippen molar-refractivity contribution in [3.63, 3.8) is 0 Å². The van der Waals surface area contributed by atoms with Crippen molar-refractivity contribution in [2.24, 2.45) is 5.73 Å². The van der Waals surface area contributed by atoms with Gasteiger partial charge in [-0.3, -0.25) is 4.79 Å². The summed E-state index contributed by atoms with van der Waals surface area (Å²) >= 11 is 1.53. The lowest BCUT2D eigenvalue weighted by molar-refractivity contribution is -0.134. The Morgan fingerprint density at radius 1 is 1.56 bits per heavy atom. The maximum atomic E-state index is 12.2. The van der Waals surface area contributed by atoms with E-state index in [-0.39, 0.29) is 11.9 Å². The van der Waals surface area contributed by atoms with E-state index in [2.05, 4.69) is 13.8 Å². The summed E-state index contributed by atoms with van der Waals surface area (Å²) in [6.45, 7) is 6.85. The first-order valence-corrected chi connectivity index (χ1v) is 6.59. The minimum atomic E-state index is -0.506. The molecule has 0 saturated carbocycles. The van der Waals surface area contributed by atoms with E-state index in [1.807, 2.05) is 29.3 Å². The predicted molar refractivity (Wildman–Crippen MR) is 68.4 cm³/mol. The fourth-order valence-corrected chi connectivity index (χ4v) is 2.39. The molecule has 0 aliphatic rings. The van der Waals surface area contributed by atoms with Crippen LogP contribution in [0.15, 0.2) is 17.5 Å². The lowest BCUT2D eigenvalue weighted by Gasteiger charge is -2.29. The number of hydrogen-bond acceptors (Lipinski definition) is 3. The Hall–Kier alpha value is -0.870. The van der Waals surface area contributed by atoms with Crippen LogP contribution in [0.5, 0.6) is 0 Å². The van der Waals surface area contributed by atoms with Gasteiger partial charge in [-0.1, -0.05) is 13.0 Å². The van der Waals surface area contributed by atoms with Crippen molar-refractivity contribution in [1.29, 1.82) is 0 Å². The van der Waals surface area contributed by atoms with E-state index < -0.39 is 6.04 Å². The van der Waals surface area contributed by atoms with E-state index >= 15 is 0 Å². The van der Waals surface area contributed by atoms with Crippen molar-refractivity contribution >= 4 is 17.2 Å². The van der Waals surface area contributed by atoms with E-state index in [1.165, 1.54) is 11.3 Å². The van der Waals surface area contributed by atoms with Crippen molar-refractivity contribution in [3.05, 3.63) is 22.4 Å². The van der Waals surface area contributed by atoms with Crippen molar-refractivity contribution < 1.29 is 4.79 Å². The highest BCUT2D eigenvalue weighted by Crippen LogP contribution is 2.20.